The van der Waals surface area contributed by atoms with Gasteiger partial charge in [0.05, 0.1) is 23.1 Å². The van der Waals surface area contributed by atoms with E-state index in [9.17, 15) is 14.4 Å². The molecule has 1 aromatic heterocycles. The molecule has 33 heavy (non-hydrogen) atoms. The smallest absolute Gasteiger partial charge is 0.261 e. The maximum absolute atomic E-state index is 12.7. The van der Waals surface area contributed by atoms with Crippen molar-refractivity contribution in [3.05, 3.63) is 70.3 Å². The molecule has 0 radical (unpaired) electrons. The van der Waals surface area contributed by atoms with Gasteiger partial charge in [0.2, 0.25) is 11.8 Å². The summed E-state index contributed by atoms with van der Waals surface area (Å²) in [6, 6.07) is 13.2. The number of aromatic nitrogens is 2. The molecule has 8 nitrogen and oxygen atoms in total. The molecule has 172 valence electrons. The van der Waals surface area contributed by atoms with Gasteiger partial charge in [-0.1, -0.05) is 24.3 Å². The number of hydrogen-bond donors (Lipinski definition) is 2. The van der Waals surface area contributed by atoms with Gasteiger partial charge in [-0.15, -0.1) is 0 Å². The van der Waals surface area contributed by atoms with Crippen LogP contribution in [0.3, 0.4) is 0 Å². The highest BCUT2D eigenvalue weighted by Gasteiger charge is 2.23. The number of amides is 2. The van der Waals surface area contributed by atoms with Gasteiger partial charge >= 0.3 is 0 Å². The normalized spacial score (nSPS) is 16.6. The number of hydrogen-bond acceptors (Lipinski definition) is 5. The van der Waals surface area contributed by atoms with Crippen LogP contribution in [-0.4, -0.2) is 39.4 Å². The quantitative estimate of drug-likeness (QED) is 0.578. The first-order valence-electron chi connectivity index (χ1n) is 11.3. The second-order valence-electron chi connectivity index (χ2n) is 8.69. The molecular formula is C25H29N5O3. The van der Waals surface area contributed by atoms with Crippen LogP contribution in [0.15, 0.2) is 53.6 Å². The summed E-state index contributed by atoms with van der Waals surface area (Å²) in [5.74, 6) is -0.472. The Labute approximate surface area is 192 Å². The molecule has 1 aliphatic rings. The van der Waals surface area contributed by atoms with E-state index >= 15 is 0 Å². The second-order valence-corrected chi connectivity index (χ2v) is 8.69. The van der Waals surface area contributed by atoms with Crippen LogP contribution in [0.4, 0.5) is 5.69 Å². The first kappa shape index (κ1) is 22.7. The average Bonchev–Trinajstić information content (AvgIpc) is 2.80. The zero-order valence-corrected chi connectivity index (χ0v) is 18.8. The lowest BCUT2D eigenvalue weighted by Crippen LogP contribution is -2.40. The highest BCUT2D eigenvalue weighted by Crippen LogP contribution is 2.19. The van der Waals surface area contributed by atoms with Crippen LogP contribution in [0.25, 0.3) is 10.9 Å². The number of carbonyl (C=O) groups is 2. The number of carbonyl (C=O) groups excluding carboxylic acids is 2. The molecule has 1 aliphatic heterocycles. The van der Waals surface area contributed by atoms with E-state index in [1.165, 1.54) is 10.9 Å². The number of nitrogens with zero attached hydrogens (tertiary/aromatic N) is 3. The maximum Gasteiger partial charge on any atom is 0.261 e. The second kappa shape index (κ2) is 9.95. The summed E-state index contributed by atoms with van der Waals surface area (Å²) < 4.78 is 1.47. The predicted molar refractivity (Wildman–Crippen MR) is 128 cm³/mol. The van der Waals surface area contributed by atoms with E-state index in [0.29, 0.717) is 23.1 Å². The molecule has 3 N–H and O–H groups in total. The molecule has 2 aromatic carbocycles. The number of fused-ring (bicyclic) bond motifs is 1. The van der Waals surface area contributed by atoms with Crippen LogP contribution in [0.1, 0.15) is 30.4 Å². The number of nitrogens with one attached hydrogen (secondary N) is 1. The number of anilines is 1. The third kappa shape index (κ3) is 5.46. The number of piperidine rings is 1. The zero-order valence-electron chi connectivity index (χ0n) is 18.8. The summed E-state index contributed by atoms with van der Waals surface area (Å²) in [6.07, 6.45) is 3.50. The van der Waals surface area contributed by atoms with Crippen LogP contribution in [0.2, 0.25) is 0 Å². The Kier molecular flexibility index (Phi) is 6.84. The van der Waals surface area contributed by atoms with E-state index < -0.39 is 0 Å². The van der Waals surface area contributed by atoms with Crippen molar-refractivity contribution in [3.63, 3.8) is 0 Å². The molecule has 1 atom stereocenters. The van der Waals surface area contributed by atoms with Crippen molar-refractivity contribution in [2.24, 2.45) is 11.7 Å². The van der Waals surface area contributed by atoms with Crippen molar-refractivity contribution >= 4 is 28.4 Å². The molecule has 1 fully saturated rings. The van der Waals surface area contributed by atoms with Gasteiger partial charge in [0, 0.05) is 31.7 Å². The van der Waals surface area contributed by atoms with Crippen LogP contribution >= 0.6 is 0 Å². The van der Waals surface area contributed by atoms with Crippen LogP contribution in [0, 0.1) is 12.8 Å². The molecule has 2 amide bonds. The lowest BCUT2D eigenvalue weighted by Gasteiger charge is -2.31. The molecule has 1 unspecified atom stereocenters. The summed E-state index contributed by atoms with van der Waals surface area (Å²) in [6.45, 7) is 4.56. The fourth-order valence-electron chi connectivity index (χ4n) is 4.33. The number of para-hydroxylation sites is 1. The Morgan fingerprint density at radius 1 is 1.18 bits per heavy atom. The summed E-state index contributed by atoms with van der Waals surface area (Å²) in [5.41, 5.74) is 8.78. The number of likely N-dealkylation sites (tertiary alicyclic amines) is 1. The first-order chi connectivity index (χ1) is 15.9. The fraction of sp³-hybridized carbons (Fsp3) is 0.360. The van der Waals surface area contributed by atoms with Gasteiger partial charge in [-0.3, -0.25) is 23.9 Å². The zero-order chi connectivity index (χ0) is 23.4. The summed E-state index contributed by atoms with van der Waals surface area (Å²) in [5, 5.41) is 3.44. The SMILES string of the molecule is Cc1cccc2c(=O)n(CCC(=O)Nc3ccc(CN4CCCC(C(N)=O)C4)cc3)cnc12. The molecular weight excluding hydrogens is 418 g/mol. The van der Waals surface area contributed by atoms with E-state index in [2.05, 4.69) is 15.2 Å². The third-order valence-electron chi connectivity index (χ3n) is 6.19. The Morgan fingerprint density at radius 3 is 2.73 bits per heavy atom. The topological polar surface area (TPSA) is 110 Å². The summed E-state index contributed by atoms with van der Waals surface area (Å²) in [7, 11) is 0. The van der Waals surface area contributed by atoms with Gasteiger partial charge in [0.1, 0.15) is 0 Å². The van der Waals surface area contributed by atoms with Crippen molar-refractivity contribution in [1.29, 1.82) is 0 Å². The highest BCUT2D eigenvalue weighted by atomic mass is 16.2. The number of rotatable bonds is 7. The Bertz CT molecular complexity index is 1220. The van der Waals surface area contributed by atoms with Crippen molar-refractivity contribution < 1.29 is 9.59 Å². The number of aryl methyl sites for hydroxylation is 2. The van der Waals surface area contributed by atoms with Gasteiger partial charge in [-0.05, 0) is 55.6 Å². The number of benzene rings is 2. The van der Waals surface area contributed by atoms with Gasteiger partial charge in [-0.25, -0.2) is 4.98 Å². The largest absolute Gasteiger partial charge is 0.369 e. The first-order valence-corrected chi connectivity index (χ1v) is 11.3. The molecule has 3 aromatic rings. The van der Waals surface area contributed by atoms with Gasteiger partial charge < -0.3 is 11.1 Å². The van der Waals surface area contributed by atoms with Crippen LogP contribution in [0.5, 0.6) is 0 Å². The molecule has 1 saturated heterocycles. The number of nitrogens with two attached hydrogens (primary N) is 1. The minimum absolute atomic E-state index is 0.0772. The van der Waals surface area contributed by atoms with Crippen molar-refractivity contribution in [2.45, 2.75) is 39.3 Å². The van der Waals surface area contributed by atoms with Gasteiger partial charge in [-0.2, -0.15) is 0 Å². The van der Waals surface area contributed by atoms with E-state index in [0.717, 1.165) is 37.1 Å². The van der Waals surface area contributed by atoms with Crippen molar-refractivity contribution in [2.75, 3.05) is 18.4 Å². The molecule has 0 saturated carbocycles. The monoisotopic (exact) mass is 447 g/mol. The molecule has 0 aliphatic carbocycles. The number of primary amides is 1. The minimum Gasteiger partial charge on any atom is -0.369 e. The highest BCUT2D eigenvalue weighted by molar-refractivity contribution is 5.90. The fourth-order valence-corrected chi connectivity index (χ4v) is 4.33. The molecule has 2 heterocycles. The van der Waals surface area contributed by atoms with E-state index in [1.807, 2.05) is 43.3 Å². The lowest BCUT2D eigenvalue weighted by atomic mass is 9.97. The van der Waals surface area contributed by atoms with Crippen LogP contribution in [-0.2, 0) is 22.7 Å². The van der Waals surface area contributed by atoms with E-state index in [4.69, 9.17) is 5.73 Å². The van der Waals surface area contributed by atoms with Gasteiger partial charge in [0.25, 0.3) is 5.56 Å². The maximum atomic E-state index is 12.7. The Morgan fingerprint density at radius 2 is 1.97 bits per heavy atom. The minimum atomic E-state index is -0.227. The molecule has 4 rings (SSSR count). The third-order valence-corrected chi connectivity index (χ3v) is 6.19. The Balaban J connectivity index is 1.31. The van der Waals surface area contributed by atoms with Crippen LogP contribution < -0.4 is 16.6 Å². The lowest BCUT2D eigenvalue weighted by molar-refractivity contribution is -0.123. The predicted octanol–water partition coefficient (Wildman–Crippen LogP) is 2.43. The Hall–Kier alpha value is -3.52. The molecule has 0 spiro atoms. The van der Waals surface area contributed by atoms with Crippen molar-refractivity contribution in [3.8, 4) is 0 Å². The standard InChI is InChI=1S/C25H29N5O3/c1-17-4-2-6-21-23(17)27-16-30(25(21)33)13-11-22(31)28-20-9-7-18(8-10-20)14-29-12-3-5-19(15-29)24(26)32/h2,4,6-10,16,19H,3,5,11-15H2,1H3,(H2,26,32)(H,28,31). The average molecular weight is 448 g/mol. The van der Waals surface area contributed by atoms with E-state index in [1.54, 1.807) is 6.07 Å². The summed E-state index contributed by atoms with van der Waals surface area (Å²) >= 11 is 0. The van der Waals surface area contributed by atoms with Crippen molar-refractivity contribution in [1.82, 2.24) is 14.5 Å². The molecule has 8 heteroatoms. The van der Waals surface area contributed by atoms with Gasteiger partial charge in [0.15, 0.2) is 0 Å². The van der Waals surface area contributed by atoms with E-state index in [-0.39, 0.29) is 36.3 Å². The molecule has 0 bridgehead atoms. The summed E-state index contributed by atoms with van der Waals surface area (Å²) in [4.78, 5) is 43.2.